The fourth-order valence-corrected chi connectivity index (χ4v) is 1.96. The third-order valence-corrected chi connectivity index (χ3v) is 3.09. The van der Waals surface area contributed by atoms with Gasteiger partial charge in [-0.25, -0.2) is 4.98 Å². The summed E-state index contributed by atoms with van der Waals surface area (Å²) in [5.74, 6) is 0.772. The normalized spacial score (nSPS) is 10.6. The highest BCUT2D eigenvalue weighted by molar-refractivity contribution is 6.30. The van der Waals surface area contributed by atoms with Crippen molar-refractivity contribution in [3.8, 4) is 0 Å². The molecule has 1 N–H and O–H groups in total. The molecule has 0 saturated heterocycles. The van der Waals surface area contributed by atoms with Crippen LogP contribution in [0, 0.1) is 0 Å². The highest BCUT2D eigenvalue weighted by atomic mass is 35.5. The van der Waals surface area contributed by atoms with Crippen LogP contribution < -0.4 is 5.32 Å². The fraction of sp³-hybridized carbons (Fsp3) is 0.0667. The van der Waals surface area contributed by atoms with Gasteiger partial charge in [0.1, 0.15) is 5.82 Å². The summed E-state index contributed by atoms with van der Waals surface area (Å²) in [5, 5.41) is 4.00. The first kappa shape index (κ1) is 11.9. The number of para-hydroxylation sites is 2. The van der Waals surface area contributed by atoms with Crippen LogP contribution >= 0.6 is 11.6 Å². The third kappa shape index (κ3) is 2.83. The molecule has 19 heavy (non-hydrogen) atoms. The van der Waals surface area contributed by atoms with Gasteiger partial charge in [-0.05, 0) is 29.8 Å². The molecule has 0 aliphatic carbocycles. The largest absolute Gasteiger partial charge is 0.365 e. The SMILES string of the molecule is Clc1ccc(CNc2cnc3ccccc3n2)cc1. The van der Waals surface area contributed by atoms with Crippen molar-refractivity contribution in [3.63, 3.8) is 0 Å². The molecule has 3 aromatic rings. The van der Waals surface area contributed by atoms with E-state index in [1.807, 2.05) is 48.5 Å². The van der Waals surface area contributed by atoms with Crippen molar-refractivity contribution in [3.05, 3.63) is 65.3 Å². The zero-order valence-corrected chi connectivity index (χ0v) is 10.9. The van der Waals surface area contributed by atoms with Gasteiger partial charge in [0.25, 0.3) is 0 Å². The number of anilines is 1. The summed E-state index contributed by atoms with van der Waals surface area (Å²) >= 11 is 5.85. The molecule has 4 heteroatoms. The van der Waals surface area contributed by atoms with Crippen LogP contribution in [0.4, 0.5) is 5.82 Å². The topological polar surface area (TPSA) is 37.8 Å². The Labute approximate surface area is 116 Å². The zero-order chi connectivity index (χ0) is 13.1. The third-order valence-electron chi connectivity index (χ3n) is 2.84. The molecular weight excluding hydrogens is 258 g/mol. The van der Waals surface area contributed by atoms with Gasteiger partial charge in [0.2, 0.25) is 0 Å². The molecule has 2 aromatic carbocycles. The quantitative estimate of drug-likeness (QED) is 0.784. The van der Waals surface area contributed by atoms with E-state index in [4.69, 9.17) is 11.6 Å². The number of benzene rings is 2. The Hall–Kier alpha value is -2.13. The summed E-state index contributed by atoms with van der Waals surface area (Å²) in [6.07, 6.45) is 1.75. The summed E-state index contributed by atoms with van der Waals surface area (Å²) in [5.41, 5.74) is 2.95. The highest BCUT2D eigenvalue weighted by Crippen LogP contribution is 2.13. The van der Waals surface area contributed by atoms with Gasteiger partial charge >= 0.3 is 0 Å². The van der Waals surface area contributed by atoms with Crippen molar-refractivity contribution in [2.45, 2.75) is 6.54 Å². The minimum atomic E-state index is 0.699. The predicted octanol–water partition coefficient (Wildman–Crippen LogP) is 3.90. The monoisotopic (exact) mass is 269 g/mol. The molecule has 0 bridgehead atoms. The Morgan fingerprint density at radius 1 is 0.947 bits per heavy atom. The van der Waals surface area contributed by atoms with E-state index in [-0.39, 0.29) is 0 Å². The molecule has 0 unspecified atom stereocenters. The van der Waals surface area contributed by atoms with Gasteiger partial charge in [0.15, 0.2) is 0 Å². The Morgan fingerprint density at radius 3 is 2.47 bits per heavy atom. The van der Waals surface area contributed by atoms with Crippen molar-refractivity contribution >= 4 is 28.5 Å². The Morgan fingerprint density at radius 2 is 1.68 bits per heavy atom. The maximum absolute atomic E-state index is 5.85. The Balaban J connectivity index is 1.76. The summed E-state index contributed by atoms with van der Waals surface area (Å²) < 4.78 is 0. The van der Waals surface area contributed by atoms with E-state index in [9.17, 15) is 0 Å². The number of fused-ring (bicyclic) bond motifs is 1. The minimum absolute atomic E-state index is 0.699. The van der Waals surface area contributed by atoms with E-state index in [1.54, 1.807) is 6.20 Å². The highest BCUT2D eigenvalue weighted by Gasteiger charge is 1.99. The number of aromatic nitrogens is 2. The van der Waals surface area contributed by atoms with Gasteiger partial charge in [-0.3, -0.25) is 4.98 Å². The van der Waals surface area contributed by atoms with Gasteiger partial charge < -0.3 is 5.32 Å². The number of rotatable bonds is 3. The van der Waals surface area contributed by atoms with Gasteiger partial charge in [-0.2, -0.15) is 0 Å². The average molecular weight is 270 g/mol. The summed E-state index contributed by atoms with van der Waals surface area (Å²) in [4.78, 5) is 8.87. The lowest BCUT2D eigenvalue weighted by atomic mass is 10.2. The first-order chi connectivity index (χ1) is 9.31. The molecule has 1 heterocycles. The van der Waals surface area contributed by atoms with E-state index in [0.717, 1.165) is 27.4 Å². The zero-order valence-electron chi connectivity index (χ0n) is 10.2. The minimum Gasteiger partial charge on any atom is -0.365 e. The molecule has 3 nitrogen and oxygen atoms in total. The summed E-state index contributed by atoms with van der Waals surface area (Å²) in [6.45, 7) is 0.699. The maximum Gasteiger partial charge on any atom is 0.145 e. The van der Waals surface area contributed by atoms with Gasteiger partial charge in [0, 0.05) is 11.6 Å². The number of halogens is 1. The maximum atomic E-state index is 5.85. The van der Waals surface area contributed by atoms with Crippen molar-refractivity contribution in [2.24, 2.45) is 0 Å². The van der Waals surface area contributed by atoms with Crippen LogP contribution in [-0.4, -0.2) is 9.97 Å². The molecular formula is C15H12ClN3. The number of nitrogens with one attached hydrogen (secondary N) is 1. The van der Waals surface area contributed by atoms with Crippen LogP contribution in [0.5, 0.6) is 0 Å². The van der Waals surface area contributed by atoms with E-state index >= 15 is 0 Å². The molecule has 0 radical (unpaired) electrons. The van der Waals surface area contributed by atoms with Crippen LogP contribution in [0.2, 0.25) is 5.02 Å². The molecule has 0 atom stereocenters. The van der Waals surface area contributed by atoms with Gasteiger partial charge in [-0.15, -0.1) is 0 Å². The van der Waals surface area contributed by atoms with Crippen LogP contribution in [-0.2, 0) is 6.54 Å². The lowest BCUT2D eigenvalue weighted by Crippen LogP contribution is -2.01. The van der Waals surface area contributed by atoms with Crippen LogP contribution in [0.1, 0.15) is 5.56 Å². The predicted molar refractivity (Wildman–Crippen MR) is 78.3 cm³/mol. The van der Waals surface area contributed by atoms with Crippen LogP contribution in [0.3, 0.4) is 0 Å². The Kier molecular flexibility index (Phi) is 3.29. The smallest absolute Gasteiger partial charge is 0.145 e. The molecule has 0 saturated carbocycles. The standard InChI is InChI=1S/C15H12ClN3/c16-12-7-5-11(6-8-12)9-18-15-10-17-13-3-1-2-4-14(13)19-15/h1-8,10H,9H2,(H,18,19). The molecule has 3 rings (SSSR count). The first-order valence-corrected chi connectivity index (χ1v) is 6.39. The fourth-order valence-electron chi connectivity index (χ4n) is 1.84. The average Bonchev–Trinajstić information content (AvgIpc) is 2.46. The van der Waals surface area contributed by atoms with Crippen LogP contribution in [0.15, 0.2) is 54.7 Å². The molecule has 0 fully saturated rings. The number of hydrogen-bond donors (Lipinski definition) is 1. The van der Waals surface area contributed by atoms with E-state index in [2.05, 4.69) is 15.3 Å². The number of nitrogens with zero attached hydrogens (tertiary/aromatic N) is 2. The van der Waals surface area contributed by atoms with Crippen molar-refractivity contribution in [1.82, 2.24) is 9.97 Å². The molecule has 0 amide bonds. The second-order valence-corrected chi connectivity index (χ2v) is 4.66. The lowest BCUT2D eigenvalue weighted by Gasteiger charge is -2.06. The van der Waals surface area contributed by atoms with Crippen molar-refractivity contribution in [2.75, 3.05) is 5.32 Å². The van der Waals surface area contributed by atoms with Gasteiger partial charge in [0.05, 0.1) is 17.2 Å². The Bertz CT molecular complexity index is 695. The second-order valence-electron chi connectivity index (χ2n) is 4.22. The molecule has 1 aromatic heterocycles. The van der Waals surface area contributed by atoms with Crippen molar-refractivity contribution < 1.29 is 0 Å². The van der Waals surface area contributed by atoms with E-state index in [0.29, 0.717) is 6.54 Å². The van der Waals surface area contributed by atoms with Crippen LogP contribution in [0.25, 0.3) is 11.0 Å². The molecule has 0 aliphatic rings. The van der Waals surface area contributed by atoms with Crippen molar-refractivity contribution in [1.29, 1.82) is 0 Å². The van der Waals surface area contributed by atoms with Gasteiger partial charge in [-0.1, -0.05) is 35.9 Å². The summed E-state index contributed by atoms with van der Waals surface area (Å²) in [6, 6.07) is 15.6. The molecule has 0 aliphatic heterocycles. The molecule has 0 spiro atoms. The lowest BCUT2D eigenvalue weighted by molar-refractivity contribution is 1.11. The first-order valence-electron chi connectivity index (χ1n) is 6.01. The van der Waals surface area contributed by atoms with E-state index in [1.165, 1.54) is 0 Å². The summed E-state index contributed by atoms with van der Waals surface area (Å²) in [7, 11) is 0. The molecule has 94 valence electrons. The second kappa shape index (κ2) is 5.24. The number of hydrogen-bond acceptors (Lipinski definition) is 3. The van der Waals surface area contributed by atoms with E-state index < -0.39 is 0 Å².